The number of hydrogen-bond acceptors (Lipinski definition) is 2. The number of carboxylic acids is 1. The molecule has 2 rings (SSSR count). The first-order valence-corrected chi connectivity index (χ1v) is 7.14. The molecule has 1 aliphatic heterocycles. The zero-order chi connectivity index (χ0) is 15.4. The molecule has 6 heteroatoms. The van der Waals surface area contributed by atoms with E-state index in [9.17, 15) is 14.0 Å². The average Bonchev–Trinajstić information content (AvgIpc) is 2.48. The van der Waals surface area contributed by atoms with Crippen LogP contribution in [0, 0.1) is 5.82 Å². The highest BCUT2D eigenvalue weighted by Gasteiger charge is 2.27. The highest BCUT2D eigenvalue weighted by molar-refractivity contribution is 6.00. The van der Waals surface area contributed by atoms with Crippen LogP contribution >= 0.6 is 0 Å². The predicted octanol–water partition coefficient (Wildman–Crippen LogP) is 3.32. The number of piperidine rings is 1. The highest BCUT2D eigenvalue weighted by atomic mass is 19.1. The zero-order valence-electron chi connectivity index (χ0n) is 11.9. The van der Waals surface area contributed by atoms with Gasteiger partial charge in [-0.15, -0.1) is 0 Å². The van der Waals surface area contributed by atoms with Crippen molar-refractivity contribution in [2.75, 3.05) is 11.9 Å². The van der Waals surface area contributed by atoms with Gasteiger partial charge >= 0.3 is 12.0 Å². The maximum atomic E-state index is 13.8. The van der Waals surface area contributed by atoms with Crippen LogP contribution in [0.4, 0.5) is 14.9 Å². The lowest BCUT2D eigenvalue weighted by Gasteiger charge is -2.35. The Morgan fingerprint density at radius 1 is 1.43 bits per heavy atom. The fourth-order valence-corrected chi connectivity index (χ4v) is 2.70. The van der Waals surface area contributed by atoms with Gasteiger partial charge in [-0.25, -0.2) is 14.0 Å². The SMILES string of the molecule is CCC1CCCCN1C(=O)Nc1c(F)cccc1C(=O)O. The maximum absolute atomic E-state index is 13.8. The third-order valence-electron chi connectivity index (χ3n) is 3.84. The number of halogens is 1. The van der Waals surface area contributed by atoms with Gasteiger partial charge in [0.15, 0.2) is 0 Å². The maximum Gasteiger partial charge on any atom is 0.337 e. The lowest BCUT2D eigenvalue weighted by atomic mass is 10.0. The Bertz CT molecular complexity index is 548. The van der Waals surface area contributed by atoms with E-state index in [4.69, 9.17) is 5.11 Å². The van der Waals surface area contributed by atoms with Crippen molar-refractivity contribution < 1.29 is 19.1 Å². The quantitative estimate of drug-likeness (QED) is 0.898. The first kappa shape index (κ1) is 15.3. The number of nitrogens with one attached hydrogen (secondary N) is 1. The van der Waals surface area contributed by atoms with E-state index in [1.807, 2.05) is 6.92 Å². The van der Waals surface area contributed by atoms with Crippen LogP contribution in [0.15, 0.2) is 18.2 Å². The molecule has 1 aliphatic rings. The number of nitrogens with zero attached hydrogens (tertiary/aromatic N) is 1. The highest BCUT2D eigenvalue weighted by Crippen LogP contribution is 2.24. The number of carbonyl (C=O) groups is 2. The van der Waals surface area contributed by atoms with Crippen molar-refractivity contribution in [1.29, 1.82) is 0 Å². The third kappa shape index (κ3) is 3.32. The molecule has 1 saturated heterocycles. The topological polar surface area (TPSA) is 69.6 Å². The predicted molar refractivity (Wildman–Crippen MR) is 77.0 cm³/mol. The van der Waals surface area contributed by atoms with Gasteiger partial charge < -0.3 is 15.3 Å². The molecule has 0 bridgehead atoms. The summed E-state index contributed by atoms with van der Waals surface area (Å²) in [6.45, 7) is 2.61. The Balaban J connectivity index is 2.21. The minimum atomic E-state index is -1.27. The van der Waals surface area contributed by atoms with Gasteiger partial charge in [0.2, 0.25) is 0 Å². The van der Waals surface area contributed by atoms with Gasteiger partial charge in [0, 0.05) is 12.6 Å². The van der Waals surface area contributed by atoms with Crippen molar-refractivity contribution in [1.82, 2.24) is 4.90 Å². The summed E-state index contributed by atoms with van der Waals surface area (Å²) in [6, 6.07) is 3.40. The summed E-state index contributed by atoms with van der Waals surface area (Å²) in [7, 11) is 0. The molecule has 1 heterocycles. The fraction of sp³-hybridized carbons (Fsp3) is 0.467. The number of urea groups is 1. The van der Waals surface area contributed by atoms with Gasteiger partial charge in [-0.2, -0.15) is 0 Å². The van der Waals surface area contributed by atoms with Crippen molar-refractivity contribution in [3.05, 3.63) is 29.6 Å². The number of para-hydroxylation sites is 1. The van der Waals surface area contributed by atoms with Crippen molar-refractivity contribution in [2.45, 2.75) is 38.6 Å². The van der Waals surface area contributed by atoms with Crippen molar-refractivity contribution >= 4 is 17.7 Å². The zero-order valence-corrected chi connectivity index (χ0v) is 11.9. The molecule has 0 aliphatic carbocycles. The van der Waals surface area contributed by atoms with Crippen LogP contribution in [0.3, 0.4) is 0 Å². The van der Waals surface area contributed by atoms with Crippen LogP contribution in [-0.2, 0) is 0 Å². The van der Waals surface area contributed by atoms with E-state index in [0.717, 1.165) is 31.7 Å². The van der Waals surface area contributed by atoms with E-state index in [0.29, 0.717) is 6.54 Å². The molecule has 1 fully saturated rings. The molecule has 1 atom stereocenters. The van der Waals surface area contributed by atoms with Crippen molar-refractivity contribution in [2.24, 2.45) is 0 Å². The molecule has 0 aromatic heterocycles. The summed E-state index contributed by atoms with van der Waals surface area (Å²) in [5, 5.41) is 11.5. The number of anilines is 1. The summed E-state index contributed by atoms with van der Waals surface area (Å²) < 4.78 is 13.8. The molecule has 0 spiro atoms. The normalized spacial score (nSPS) is 18.4. The number of likely N-dealkylation sites (tertiary alicyclic amines) is 1. The molecule has 5 nitrogen and oxygen atoms in total. The fourth-order valence-electron chi connectivity index (χ4n) is 2.70. The second-order valence-corrected chi connectivity index (χ2v) is 5.15. The van der Waals surface area contributed by atoms with Crippen LogP contribution in [0.1, 0.15) is 43.0 Å². The number of carboxylic acid groups (broad SMARTS) is 1. The molecule has 1 aromatic rings. The standard InChI is InChI=1S/C15H19FN2O3/c1-2-10-6-3-4-9-18(10)15(21)17-13-11(14(19)20)7-5-8-12(13)16/h5,7-8,10H,2-4,6,9H2,1H3,(H,17,21)(H,19,20). The lowest BCUT2D eigenvalue weighted by Crippen LogP contribution is -2.45. The number of benzene rings is 1. The van der Waals surface area contributed by atoms with Crippen molar-refractivity contribution in [3.8, 4) is 0 Å². The molecule has 114 valence electrons. The summed E-state index contributed by atoms with van der Waals surface area (Å²) in [5.41, 5.74) is -0.510. The van der Waals surface area contributed by atoms with Gasteiger partial charge in [-0.1, -0.05) is 13.0 Å². The van der Waals surface area contributed by atoms with Gasteiger partial charge in [0.05, 0.1) is 11.3 Å². The molecule has 1 aromatic carbocycles. The number of amides is 2. The smallest absolute Gasteiger partial charge is 0.337 e. The third-order valence-corrected chi connectivity index (χ3v) is 3.84. The molecular weight excluding hydrogens is 275 g/mol. The monoisotopic (exact) mass is 294 g/mol. The van der Waals surface area contributed by atoms with E-state index >= 15 is 0 Å². The molecule has 21 heavy (non-hydrogen) atoms. The molecule has 2 N–H and O–H groups in total. The second-order valence-electron chi connectivity index (χ2n) is 5.15. The molecular formula is C15H19FN2O3. The summed E-state index contributed by atoms with van der Waals surface area (Å²) in [5.74, 6) is -2.01. The molecule has 0 radical (unpaired) electrons. The summed E-state index contributed by atoms with van der Waals surface area (Å²) in [6.07, 6.45) is 3.73. The number of carbonyl (C=O) groups excluding carboxylic acids is 1. The van der Waals surface area contributed by atoms with E-state index in [1.54, 1.807) is 4.90 Å². The van der Waals surface area contributed by atoms with Gasteiger partial charge in [0.1, 0.15) is 5.82 Å². The van der Waals surface area contributed by atoms with Gasteiger partial charge in [-0.3, -0.25) is 0 Å². The lowest BCUT2D eigenvalue weighted by molar-refractivity contribution is 0.0697. The molecule has 2 amide bonds. The Labute approximate surface area is 122 Å². The van der Waals surface area contributed by atoms with Crippen LogP contribution in [0.5, 0.6) is 0 Å². The minimum absolute atomic E-state index is 0.124. The number of hydrogen-bond donors (Lipinski definition) is 2. The summed E-state index contributed by atoms with van der Waals surface area (Å²) >= 11 is 0. The first-order chi connectivity index (χ1) is 10.0. The first-order valence-electron chi connectivity index (χ1n) is 7.14. The Kier molecular flexibility index (Phi) is 4.77. The Morgan fingerprint density at radius 2 is 2.19 bits per heavy atom. The second kappa shape index (κ2) is 6.56. The van der Waals surface area contributed by atoms with E-state index in [1.165, 1.54) is 12.1 Å². The van der Waals surface area contributed by atoms with Crippen LogP contribution in [0.2, 0.25) is 0 Å². The van der Waals surface area contributed by atoms with Crippen molar-refractivity contribution in [3.63, 3.8) is 0 Å². The van der Waals surface area contributed by atoms with Gasteiger partial charge in [-0.05, 0) is 37.8 Å². The number of aromatic carboxylic acids is 1. The van der Waals surface area contributed by atoms with Crippen LogP contribution in [0.25, 0.3) is 0 Å². The number of rotatable bonds is 3. The van der Waals surface area contributed by atoms with E-state index in [-0.39, 0.29) is 17.3 Å². The largest absolute Gasteiger partial charge is 0.478 e. The average molecular weight is 294 g/mol. The Morgan fingerprint density at radius 3 is 2.86 bits per heavy atom. The minimum Gasteiger partial charge on any atom is -0.478 e. The van der Waals surface area contributed by atoms with E-state index < -0.39 is 17.8 Å². The summed E-state index contributed by atoms with van der Waals surface area (Å²) in [4.78, 5) is 25.1. The molecule has 0 saturated carbocycles. The van der Waals surface area contributed by atoms with Crippen LogP contribution in [-0.4, -0.2) is 34.6 Å². The molecule has 1 unspecified atom stereocenters. The van der Waals surface area contributed by atoms with Crippen LogP contribution < -0.4 is 5.32 Å². The Hall–Kier alpha value is -2.11. The van der Waals surface area contributed by atoms with E-state index in [2.05, 4.69) is 5.32 Å². The van der Waals surface area contributed by atoms with Gasteiger partial charge in [0.25, 0.3) is 0 Å².